The van der Waals surface area contributed by atoms with Crippen LogP contribution in [-0.4, -0.2) is 36.4 Å². The molecule has 0 aliphatic rings. The maximum atomic E-state index is 12.4. The maximum Gasteiger partial charge on any atom is 0.306 e. The van der Waals surface area contributed by atoms with E-state index in [1.165, 1.54) is 167 Å². The molecule has 0 radical (unpaired) electrons. The molecule has 498 valence electrons. The average molecular weight is 1210 g/mol. The number of esters is 2. The van der Waals surface area contributed by atoms with Crippen molar-refractivity contribution in [2.75, 3.05) is 13.2 Å². The van der Waals surface area contributed by atoms with Crippen molar-refractivity contribution >= 4 is 11.9 Å². The van der Waals surface area contributed by atoms with Crippen LogP contribution in [0.25, 0.3) is 0 Å². The van der Waals surface area contributed by atoms with Crippen LogP contribution in [0.3, 0.4) is 0 Å². The second kappa shape index (κ2) is 76.5. The fourth-order valence-electron chi connectivity index (χ4n) is 10.1. The van der Waals surface area contributed by atoms with E-state index in [4.69, 9.17) is 9.47 Å². The summed E-state index contributed by atoms with van der Waals surface area (Å²) >= 11 is 0. The Balaban J connectivity index is 3.51. The molecule has 0 spiro atoms. The summed E-state index contributed by atoms with van der Waals surface area (Å²) in [5.74, 6) is -0.591. The molecule has 5 nitrogen and oxygen atoms in total. The lowest BCUT2D eigenvalue weighted by Gasteiger charge is -2.15. The van der Waals surface area contributed by atoms with E-state index in [0.29, 0.717) is 12.8 Å². The minimum atomic E-state index is -0.785. The fraction of sp³-hybridized carbons (Fsp3) is 0.639. The zero-order valence-corrected chi connectivity index (χ0v) is 57.2. The molecule has 1 unspecified atom stereocenters. The standard InChI is InChI=1S/C83H136O5/c1-3-5-7-9-11-13-15-17-19-21-23-25-27-29-31-33-35-37-39-40-41-42-44-46-48-50-52-54-56-58-60-62-64-66-68-70-72-74-76-78-83(86)88-81(79-84)80-87-82(85)77-75-73-71-69-67-65-63-61-59-57-55-53-51-49-47-45-43-38-36-34-32-30-28-26-24-22-20-18-16-14-12-10-8-6-4-2/h5-8,11-14,17-20,23-26,29-32,35,37,40-41,44,46,50,52,81,84H,3-4,9-10,15-16,21-22,27-28,33-34,36,38-39,42-43,45,47-49,51,53-80H2,1-2H3/b7-5-,8-6-,13-11-,14-12-,19-17-,20-18-,25-23-,26-24-,31-29-,32-30-,37-35-,41-40-,46-44-,52-50-. The molecule has 0 saturated heterocycles. The number of ether oxygens (including phenoxy) is 2. The Morgan fingerprint density at radius 3 is 0.682 bits per heavy atom. The van der Waals surface area contributed by atoms with E-state index in [2.05, 4.69) is 184 Å². The van der Waals surface area contributed by atoms with Crippen LogP contribution >= 0.6 is 0 Å². The van der Waals surface area contributed by atoms with Gasteiger partial charge >= 0.3 is 11.9 Å². The van der Waals surface area contributed by atoms with E-state index in [1.807, 2.05) is 0 Å². The van der Waals surface area contributed by atoms with E-state index in [-0.39, 0.29) is 25.2 Å². The highest BCUT2D eigenvalue weighted by Crippen LogP contribution is 2.17. The minimum absolute atomic E-state index is 0.0724. The lowest BCUT2D eigenvalue weighted by Crippen LogP contribution is -2.28. The van der Waals surface area contributed by atoms with Gasteiger partial charge in [-0.3, -0.25) is 9.59 Å². The minimum Gasteiger partial charge on any atom is -0.462 e. The molecule has 0 aromatic rings. The second-order valence-corrected chi connectivity index (χ2v) is 23.9. The Hall–Kier alpha value is -4.74. The SMILES string of the molecule is CC/C=C\C/C=C\C/C=C\C/C=C\C/C=C\C/C=C\C/C=C\C/C=C\C/C=C\CCCCCCCCCCCCCC(=O)OC(CO)COC(=O)CCCCCCCCCCCCCCCCCCCCC/C=C\C/C=C\C/C=C\C/C=C\C/C=C\CC. The average Bonchev–Trinajstić information content (AvgIpc) is 3.54. The molecule has 5 heteroatoms. The van der Waals surface area contributed by atoms with Gasteiger partial charge in [-0.05, 0) is 128 Å². The molecule has 0 fully saturated rings. The van der Waals surface area contributed by atoms with Gasteiger partial charge in [-0.25, -0.2) is 0 Å². The quantitative estimate of drug-likeness (QED) is 0.0373. The number of aliphatic hydroxyl groups is 1. The Morgan fingerprint density at radius 1 is 0.261 bits per heavy atom. The number of carbonyl (C=O) groups excluding carboxylic acids is 2. The van der Waals surface area contributed by atoms with E-state index >= 15 is 0 Å². The summed E-state index contributed by atoms with van der Waals surface area (Å²) in [6.45, 7) is 3.93. The molecular weight excluding hydrogens is 1080 g/mol. The molecule has 0 heterocycles. The summed E-state index contributed by atoms with van der Waals surface area (Å²) in [4.78, 5) is 24.7. The molecule has 88 heavy (non-hydrogen) atoms. The fourth-order valence-corrected chi connectivity index (χ4v) is 10.1. The van der Waals surface area contributed by atoms with Gasteiger partial charge in [0.25, 0.3) is 0 Å². The van der Waals surface area contributed by atoms with Crippen LogP contribution in [0.15, 0.2) is 170 Å². The highest BCUT2D eigenvalue weighted by atomic mass is 16.6. The number of hydrogen-bond donors (Lipinski definition) is 1. The lowest BCUT2D eigenvalue weighted by molar-refractivity contribution is -0.161. The first kappa shape index (κ1) is 83.3. The topological polar surface area (TPSA) is 72.8 Å². The molecule has 0 aromatic carbocycles. The van der Waals surface area contributed by atoms with Crippen molar-refractivity contribution in [3.63, 3.8) is 0 Å². The van der Waals surface area contributed by atoms with E-state index in [0.717, 1.165) is 128 Å². The van der Waals surface area contributed by atoms with Gasteiger partial charge in [0.2, 0.25) is 0 Å². The largest absolute Gasteiger partial charge is 0.462 e. The smallest absolute Gasteiger partial charge is 0.306 e. The van der Waals surface area contributed by atoms with Crippen molar-refractivity contribution in [3.8, 4) is 0 Å². The van der Waals surface area contributed by atoms with Gasteiger partial charge in [0.15, 0.2) is 6.10 Å². The van der Waals surface area contributed by atoms with Gasteiger partial charge in [-0.15, -0.1) is 0 Å². The van der Waals surface area contributed by atoms with E-state index in [9.17, 15) is 14.7 Å². The monoisotopic (exact) mass is 1210 g/mol. The van der Waals surface area contributed by atoms with Crippen LogP contribution in [0.2, 0.25) is 0 Å². The van der Waals surface area contributed by atoms with Gasteiger partial charge in [0.1, 0.15) is 6.61 Å². The Kier molecular flexibility index (Phi) is 72.4. The summed E-state index contributed by atoms with van der Waals surface area (Å²) in [5.41, 5.74) is 0. The van der Waals surface area contributed by atoms with Crippen LogP contribution in [0.4, 0.5) is 0 Å². The van der Waals surface area contributed by atoms with Crippen LogP contribution in [0.5, 0.6) is 0 Å². The molecule has 0 saturated carbocycles. The predicted octanol–water partition coefficient (Wildman–Crippen LogP) is 26.0. The highest BCUT2D eigenvalue weighted by molar-refractivity contribution is 5.70. The Bertz CT molecular complexity index is 1910. The van der Waals surface area contributed by atoms with Crippen molar-refractivity contribution in [1.29, 1.82) is 0 Å². The normalized spacial score (nSPS) is 13.3. The molecule has 0 aliphatic carbocycles. The van der Waals surface area contributed by atoms with Gasteiger partial charge < -0.3 is 14.6 Å². The number of aliphatic hydroxyl groups excluding tert-OH is 1. The first-order chi connectivity index (χ1) is 43.6. The lowest BCUT2D eigenvalue weighted by atomic mass is 10.0. The van der Waals surface area contributed by atoms with Crippen LogP contribution in [0.1, 0.15) is 322 Å². The molecule has 0 rings (SSSR count). The summed E-state index contributed by atoms with van der Waals surface area (Å²) in [7, 11) is 0. The number of carbonyl (C=O) groups is 2. The molecular formula is C83H136O5. The summed E-state index contributed by atoms with van der Waals surface area (Å²) in [6, 6.07) is 0. The third-order valence-electron chi connectivity index (χ3n) is 15.5. The second-order valence-electron chi connectivity index (χ2n) is 23.9. The third kappa shape index (κ3) is 73.7. The van der Waals surface area contributed by atoms with Crippen molar-refractivity contribution < 1.29 is 24.2 Å². The van der Waals surface area contributed by atoms with Crippen LogP contribution < -0.4 is 0 Å². The summed E-state index contributed by atoms with van der Waals surface area (Å²) in [5, 5.41) is 9.72. The Labute approximate surface area is 544 Å². The Morgan fingerprint density at radius 2 is 0.455 bits per heavy atom. The number of rotatable bonds is 66. The molecule has 1 N–H and O–H groups in total. The maximum absolute atomic E-state index is 12.4. The zero-order valence-electron chi connectivity index (χ0n) is 57.2. The summed E-state index contributed by atoms with van der Waals surface area (Å²) < 4.78 is 10.8. The van der Waals surface area contributed by atoms with Gasteiger partial charge in [0, 0.05) is 12.8 Å². The summed E-state index contributed by atoms with van der Waals surface area (Å²) in [6.07, 6.45) is 118. The first-order valence-corrected chi connectivity index (χ1v) is 36.7. The number of unbranched alkanes of at least 4 members (excludes halogenated alkanes) is 30. The number of allylic oxidation sites excluding steroid dienone is 28. The van der Waals surface area contributed by atoms with Crippen LogP contribution in [0, 0.1) is 0 Å². The molecule has 0 bridgehead atoms. The highest BCUT2D eigenvalue weighted by Gasteiger charge is 2.16. The molecule has 0 amide bonds. The van der Waals surface area contributed by atoms with Gasteiger partial charge in [0.05, 0.1) is 6.61 Å². The molecule has 0 aliphatic heterocycles. The predicted molar refractivity (Wildman–Crippen MR) is 389 cm³/mol. The van der Waals surface area contributed by atoms with Crippen molar-refractivity contribution in [2.45, 2.75) is 328 Å². The van der Waals surface area contributed by atoms with Gasteiger partial charge in [-0.2, -0.15) is 0 Å². The van der Waals surface area contributed by atoms with Crippen LogP contribution in [-0.2, 0) is 19.1 Å². The first-order valence-electron chi connectivity index (χ1n) is 36.7. The van der Waals surface area contributed by atoms with Crippen molar-refractivity contribution in [3.05, 3.63) is 170 Å². The third-order valence-corrected chi connectivity index (χ3v) is 15.5. The van der Waals surface area contributed by atoms with E-state index in [1.54, 1.807) is 0 Å². The van der Waals surface area contributed by atoms with Crippen molar-refractivity contribution in [1.82, 2.24) is 0 Å². The van der Waals surface area contributed by atoms with Crippen molar-refractivity contribution in [2.24, 2.45) is 0 Å². The molecule has 1 atom stereocenters. The zero-order chi connectivity index (χ0) is 63.3. The van der Waals surface area contributed by atoms with E-state index < -0.39 is 6.10 Å². The van der Waals surface area contributed by atoms with Gasteiger partial charge in [-0.1, -0.05) is 351 Å². The molecule has 0 aromatic heterocycles. The number of hydrogen-bond acceptors (Lipinski definition) is 5.